The Bertz CT molecular complexity index is 905. The number of amides is 1. The van der Waals surface area contributed by atoms with Crippen LogP contribution in [0.2, 0.25) is 5.02 Å². The molecular formula is C19H16ClN3O2S. The molecule has 5 nitrogen and oxygen atoms in total. The molecule has 0 radical (unpaired) electrons. The van der Waals surface area contributed by atoms with Crippen LogP contribution in [0.25, 0.3) is 6.08 Å². The number of ether oxygens (including phenoxy) is 1. The molecule has 0 atom stereocenters. The van der Waals surface area contributed by atoms with E-state index in [-0.39, 0.29) is 5.91 Å². The summed E-state index contributed by atoms with van der Waals surface area (Å²) in [5, 5.41) is 12.8. The standard InChI is InChI=1S/C19H16ClN3O2S/c1-25-16-9-4-13(5-10-16)6-11-17(24)21-19-23-22-18(26-19)12-14-2-7-15(20)8-3-14/h2-11H,12H2,1H3,(H,21,23,24)/b11-6+. The van der Waals surface area contributed by atoms with E-state index in [4.69, 9.17) is 16.3 Å². The van der Waals surface area contributed by atoms with E-state index >= 15 is 0 Å². The molecule has 0 saturated heterocycles. The summed E-state index contributed by atoms with van der Waals surface area (Å²) in [5.41, 5.74) is 1.99. The second kappa shape index (κ2) is 8.60. The number of aromatic nitrogens is 2. The minimum absolute atomic E-state index is 0.255. The van der Waals surface area contributed by atoms with E-state index in [0.29, 0.717) is 16.6 Å². The zero-order valence-electron chi connectivity index (χ0n) is 14.0. The number of methoxy groups -OCH3 is 1. The van der Waals surface area contributed by atoms with Crippen molar-refractivity contribution in [2.45, 2.75) is 6.42 Å². The summed E-state index contributed by atoms with van der Waals surface area (Å²) in [6.45, 7) is 0. The van der Waals surface area contributed by atoms with E-state index in [1.165, 1.54) is 17.4 Å². The van der Waals surface area contributed by atoms with Crippen molar-refractivity contribution in [3.05, 3.63) is 75.8 Å². The van der Waals surface area contributed by atoms with Gasteiger partial charge >= 0.3 is 0 Å². The smallest absolute Gasteiger partial charge is 0.250 e. The van der Waals surface area contributed by atoms with Gasteiger partial charge in [0.25, 0.3) is 0 Å². The lowest BCUT2D eigenvalue weighted by Crippen LogP contribution is -2.07. The zero-order valence-corrected chi connectivity index (χ0v) is 15.6. The van der Waals surface area contributed by atoms with Gasteiger partial charge < -0.3 is 4.74 Å². The molecule has 1 N–H and O–H groups in total. The van der Waals surface area contributed by atoms with Crippen LogP contribution >= 0.6 is 22.9 Å². The highest BCUT2D eigenvalue weighted by atomic mass is 35.5. The molecule has 0 aliphatic rings. The van der Waals surface area contributed by atoms with Crippen LogP contribution < -0.4 is 10.1 Å². The highest BCUT2D eigenvalue weighted by Gasteiger charge is 2.07. The fraction of sp³-hybridized carbons (Fsp3) is 0.105. The van der Waals surface area contributed by atoms with Crippen LogP contribution in [0.1, 0.15) is 16.1 Å². The first kappa shape index (κ1) is 18.1. The summed E-state index contributed by atoms with van der Waals surface area (Å²) in [6.07, 6.45) is 3.83. The Morgan fingerprint density at radius 3 is 2.58 bits per heavy atom. The second-order valence-corrected chi connectivity index (χ2v) is 6.90. The van der Waals surface area contributed by atoms with E-state index < -0.39 is 0 Å². The Morgan fingerprint density at radius 1 is 1.15 bits per heavy atom. The molecule has 0 aliphatic heterocycles. The van der Waals surface area contributed by atoms with Gasteiger partial charge in [-0.25, -0.2) is 0 Å². The maximum Gasteiger partial charge on any atom is 0.250 e. The van der Waals surface area contributed by atoms with Gasteiger partial charge in [-0.2, -0.15) is 0 Å². The Kier molecular flexibility index (Phi) is 5.99. The van der Waals surface area contributed by atoms with E-state index in [1.54, 1.807) is 13.2 Å². The van der Waals surface area contributed by atoms with E-state index in [9.17, 15) is 4.79 Å². The van der Waals surface area contributed by atoms with E-state index in [1.807, 2.05) is 48.5 Å². The summed E-state index contributed by atoms with van der Waals surface area (Å²) >= 11 is 7.23. The molecule has 2 aromatic carbocycles. The SMILES string of the molecule is COc1ccc(/C=C/C(=O)Nc2nnc(Cc3ccc(Cl)cc3)s2)cc1. The fourth-order valence-electron chi connectivity index (χ4n) is 2.19. The van der Waals surface area contributed by atoms with Gasteiger partial charge in [-0.1, -0.05) is 47.2 Å². The van der Waals surface area contributed by atoms with Gasteiger partial charge in [0, 0.05) is 17.5 Å². The molecule has 0 bridgehead atoms. The van der Waals surface area contributed by atoms with Crippen molar-refractivity contribution in [1.82, 2.24) is 10.2 Å². The molecule has 1 aromatic heterocycles. The number of carbonyl (C=O) groups excluding carboxylic acids is 1. The number of nitrogens with zero attached hydrogens (tertiary/aromatic N) is 2. The van der Waals surface area contributed by atoms with Gasteiger partial charge in [0.2, 0.25) is 11.0 Å². The topological polar surface area (TPSA) is 64.1 Å². The van der Waals surface area contributed by atoms with Crippen molar-refractivity contribution in [3.8, 4) is 5.75 Å². The maximum absolute atomic E-state index is 12.0. The summed E-state index contributed by atoms with van der Waals surface area (Å²) in [5.74, 6) is 0.517. The molecule has 0 fully saturated rings. The Balaban J connectivity index is 1.56. The first-order valence-electron chi connectivity index (χ1n) is 7.82. The number of carbonyl (C=O) groups is 1. The monoisotopic (exact) mass is 385 g/mol. The first-order chi connectivity index (χ1) is 12.6. The molecule has 3 aromatic rings. The molecule has 1 heterocycles. The van der Waals surface area contributed by atoms with Crippen LogP contribution in [0.3, 0.4) is 0 Å². The molecule has 0 unspecified atom stereocenters. The van der Waals surface area contributed by atoms with Crippen LogP contribution in [-0.4, -0.2) is 23.2 Å². The average Bonchev–Trinajstić information content (AvgIpc) is 3.09. The van der Waals surface area contributed by atoms with Crippen LogP contribution in [0.4, 0.5) is 5.13 Å². The number of hydrogen-bond donors (Lipinski definition) is 1. The number of nitrogens with one attached hydrogen (secondary N) is 1. The van der Waals surface area contributed by atoms with Gasteiger partial charge in [-0.15, -0.1) is 10.2 Å². The van der Waals surface area contributed by atoms with Crippen molar-refractivity contribution < 1.29 is 9.53 Å². The number of anilines is 1. The van der Waals surface area contributed by atoms with Crippen LogP contribution in [0.15, 0.2) is 54.6 Å². The van der Waals surface area contributed by atoms with E-state index in [0.717, 1.165) is 21.9 Å². The van der Waals surface area contributed by atoms with Crippen molar-refractivity contribution in [1.29, 1.82) is 0 Å². The minimum atomic E-state index is -0.255. The highest BCUT2D eigenvalue weighted by Crippen LogP contribution is 2.20. The molecule has 0 spiro atoms. The first-order valence-corrected chi connectivity index (χ1v) is 9.02. The van der Waals surface area contributed by atoms with Gasteiger partial charge in [-0.3, -0.25) is 10.1 Å². The summed E-state index contributed by atoms with van der Waals surface area (Å²) in [4.78, 5) is 12.0. The summed E-state index contributed by atoms with van der Waals surface area (Å²) in [7, 11) is 1.61. The molecule has 0 aliphatic carbocycles. The normalized spacial score (nSPS) is 10.8. The van der Waals surface area contributed by atoms with Gasteiger partial charge in [0.15, 0.2) is 0 Å². The van der Waals surface area contributed by atoms with Crippen LogP contribution in [-0.2, 0) is 11.2 Å². The Hall–Kier alpha value is -2.70. The predicted molar refractivity (Wildman–Crippen MR) is 105 cm³/mol. The lowest BCUT2D eigenvalue weighted by atomic mass is 10.2. The lowest BCUT2D eigenvalue weighted by molar-refractivity contribution is -0.111. The minimum Gasteiger partial charge on any atom is -0.497 e. The Morgan fingerprint density at radius 2 is 1.88 bits per heavy atom. The van der Waals surface area contributed by atoms with Crippen LogP contribution in [0, 0.1) is 0 Å². The molecule has 1 amide bonds. The van der Waals surface area contributed by atoms with Gasteiger partial charge in [0.05, 0.1) is 7.11 Å². The number of benzene rings is 2. The summed E-state index contributed by atoms with van der Waals surface area (Å²) in [6, 6.07) is 15.0. The average molecular weight is 386 g/mol. The third-order valence-corrected chi connectivity index (χ3v) is 4.60. The molecule has 3 rings (SSSR count). The molecule has 26 heavy (non-hydrogen) atoms. The van der Waals surface area contributed by atoms with Crippen molar-refractivity contribution in [2.24, 2.45) is 0 Å². The van der Waals surface area contributed by atoms with E-state index in [2.05, 4.69) is 15.5 Å². The predicted octanol–water partition coefficient (Wildman–Crippen LogP) is 4.44. The molecule has 7 heteroatoms. The van der Waals surface area contributed by atoms with Crippen molar-refractivity contribution in [3.63, 3.8) is 0 Å². The molecular weight excluding hydrogens is 370 g/mol. The van der Waals surface area contributed by atoms with Gasteiger partial charge in [-0.05, 0) is 41.5 Å². The third-order valence-electron chi connectivity index (χ3n) is 3.51. The third kappa shape index (κ3) is 5.15. The number of halogens is 1. The van der Waals surface area contributed by atoms with Crippen LogP contribution in [0.5, 0.6) is 5.75 Å². The Labute approximate surface area is 160 Å². The largest absolute Gasteiger partial charge is 0.497 e. The maximum atomic E-state index is 12.0. The lowest BCUT2D eigenvalue weighted by Gasteiger charge is -1.99. The molecule has 0 saturated carbocycles. The van der Waals surface area contributed by atoms with Gasteiger partial charge in [0.1, 0.15) is 10.8 Å². The molecule has 132 valence electrons. The fourth-order valence-corrected chi connectivity index (χ4v) is 3.09. The summed E-state index contributed by atoms with van der Waals surface area (Å²) < 4.78 is 5.10. The highest BCUT2D eigenvalue weighted by molar-refractivity contribution is 7.15. The number of rotatable bonds is 6. The number of hydrogen-bond acceptors (Lipinski definition) is 5. The second-order valence-electron chi connectivity index (χ2n) is 5.40. The van der Waals surface area contributed by atoms with Crippen molar-refractivity contribution >= 4 is 40.1 Å². The van der Waals surface area contributed by atoms with Crippen molar-refractivity contribution in [2.75, 3.05) is 12.4 Å². The zero-order chi connectivity index (χ0) is 18.4. The quantitative estimate of drug-likeness (QED) is 0.637.